The van der Waals surface area contributed by atoms with Gasteiger partial charge >= 0.3 is 0 Å². The van der Waals surface area contributed by atoms with Crippen molar-refractivity contribution in [3.05, 3.63) is 52.6 Å². The number of rotatable bonds is 3. The van der Waals surface area contributed by atoms with E-state index in [9.17, 15) is 4.79 Å². The van der Waals surface area contributed by atoms with Gasteiger partial charge in [0.2, 0.25) is 0 Å². The van der Waals surface area contributed by atoms with Crippen LogP contribution in [0.3, 0.4) is 0 Å². The molecule has 0 atom stereocenters. The first-order chi connectivity index (χ1) is 10.4. The molecule has 0 aromatic carbocycles. The number of pyridine rings is 1. The van der Waals surface area contributed by atoms with Crippen molar-refractivity contribution in [2.45, 2.75) is 33.2 Å². The van der Waals surface area contributed by atoms with Gasteiger partial charge in [0.05, 0.1) is 5.54 Å². The van der Waals surface area contributed by atoms with Crippen LogP contribution in [0.1, 0.15) is 40.5 Å². The zero-order chi connectivity index (χ0) is 15.9. The Labute approximate surface area is 133 Å². The van der Waals surface area contributed by atoms with E-state index >= 15 is 0 Å². The van der Waals surface area contributed by atoms with E-state index in [2.05, 4.69) is 15.3 Å². The van der Waals surface area contributed by atoms with E-state index in [4.69, 9.17) is 0 Å². The van der Waals surface area contributed by atoms with Crippen LogP contribution in [0.15, 0.2) is 30.7 Å². The zero-order valence-electron chi connectivity index (χ0n) is 13.0. The fourth-order valence-corrected chi connectivity index (χ4v) is 3.34. The van der Waals surface area contributed by atoms with Crippen LogP contribution >= 0.6 is 11.3 Å². The normalized spacial score (nSPS) is 11.8. The second kappa shape index (κ2) is 5.21. The Hall–Kier alpha value is -2.21. The van der Waals surface area contributed by atoms with Crippen molar-refractivity contribution < 1.29 is 4.79 Å². The highest BCUT2D eigenvalue weighted by atomic mass is 32.1. The quantitative estimate of drug-likeness (QED) is 0.808. The first-order valence-electron chi connectivity index (χ1n) is 7.06. The number of aryl methyl sites for hydroxylation is 2. The van der Waals surface area contributed by atoms with Crippen LogP contribution in [0, 0.1) is 13.8 Å². The molecule has 3 rings (SSSR count). The summed E-state index contributed by atoms with van der Waals surface area (Å²) in [5.41, 5.74) is 2.36. The van der Waals surface area contributed by atoms with Gasteiger partial charge in [0, 0.05) is 30.0 Å². The van der Waals surface area contributed by atoms with Crippen molar-refractivity contribution >= 4 is 22.2 Å². The van der Waals surface area contributed by atoms with Crippen LogP contribution < -0.4 is 5.32 Å². The van der Waals surface area contributed by atoms with Crippen molar-refractivity contribution in [2.24, 2.45) is 0 Å². The number of hydrogen-bond acceptors (Lipinski definition) is 4. The summed E-state index contributed by atoms with van der Waals surface area (Å²) in [6.45, 7) is 7.83. The molecule has 0 fully saturated rings. The molecule has 1 amide bonds. The number of nitrogens with zero attached hydrogens (tertiary/aromatic N) is 3. The molecule has 0 saturated heterocycles. The zero-order valence-corrected chi connectivity index (χ0v) is 13.9. The summed E-state index contributed by atoms with van der Waals surface area (Å²) in [6.07, 6.45) is 5.42. The van der Waals surface area contributed by atoms with E-state index < -0.39 is 5.54 Å². The van der Waals surface area contributed by atoms with Gasteiger partial charge in [-0.05, 0) is 39.3 Å². The van der Waals surface area contributed by atoms with E-state index in [-0.39, 0.29) is 5.91 Å². The molecule has 114 valence electrons. The lowest BCUT2D eigenvalue weighted by Crippen LogP contribution is -2.41. The van der Waals surface area contributed by atoms with E-state index in [0.29, 0.717) is 4.88 Å². The van der Waals surface area contributed by atoms with Gasteiger partial charge in [0.15, 0.2) is 4.96 Å². The summed E-state index contributed by atoms with van der Waals surface area (Å²) in [4.78, 5) is 22.7. The standard InChI is InChI=1S/C16H18N4OS/c1-10-5-6-12(9-18-10)16(3,4)19-14(21)13-11(2)20-8-7-17-15(20)22-13/h5-9H,1-4H3,(H,19,21). The first-order valence-corrected chi connectivity index (χ1v) is 7.88. The Bertz CT molecular complexity index is 830. The largest absolute Gasteiger partial charge is 0.342 e. The predicted molar refractivity (Wildman–Crippen MR) is 87.3 cm³/mol. The molecule has 0 aliphatic heterocycles. The minimum atomic E-state index is -0.490. The Morgan fingerprint density at radius 3 is 2.68 bits per heavy atom. The van der Waals surface area contributed by atoms with Gasteiger partial charge in [0.1, 0.15) is 4.88 Å². The molecule has 1 N–H and O–H groups in total. The van der Waals surface area contributed by atoms with Crippen LogP contribution in [0.5, 0.6) is 0 Å². The van der Waals surface area contributed by atoms with Crippen LogP contribution in [0.25, 0.3) is 4.96 Å². The lowest BCUT2D eigenvalue weighted by atomic mass is 9.95. The Morgan fingerprint density at radius 2 is 2.05 bits per heavy atom. The fraction of sp³-hybridized carbons (Fsp3) is 0.312. The third-order valence-corrected chi connectivity index (χ3v) is 4.93. The van der Waals surface area contributed by atoms with Gasteiger partial charge in [-0.3, -0.25) is 14.2 Å². The van der Waals surface area contributed by atoms with Crippen molar-refractivity contribution in [1.82, 2.24) is 19.7 Å². The van der Waals surface area contributed by atoms with Crippen LogP contribution in [0.2, 0.25) is 0 Å². The molecule has 0 saturated carbocycles. The number of amides is 1. The smallest absolute Gasteiger partial charge is 0.263 e. The summed E-state index contributed by atoms with van der Waals surface area (Å²) in [5.74, 6) is -0.0847. The number of hydrogen-bond donors (Lipinski definition) is 1. The maximum absolute atomic E-state index is 12.6. The van der Waals surface area contributed by atoms with Gasteiger partial charge in [-0.25, -0.2) is 4.98 Å². The number of aromatic nitrogens is 3. The molecular weight excluding hydrogens is 296 g/mol. The number of imidazole rings is 1. The molecule has 5 nitrogen and oxygen atoms in total. The molecule has 0 bridgehead atoms. The molecule has 0 aliphatic rings. The molecule has 3 aromatic rings. The van der Waals surface area contributed by atoms with E-state index in [1.54, 1.807) is 6.20 Å². The SMILES string of the molecule is Cc1ccc(C(C)(C)NC(=O)c2sc3nccn3c2C)cn1. The molecule has 22 heavy (non-hydrogen) atoms. The fourth-order valence-electron chi connectivity index (χ4n) is 2.36. The van der Waals surface area contributed by atoms with Gasteiger partial charge in [-0.15, -0.1) is 0 Å². The molecule has 3 heterocycles. The summed E-state index contributed by atoms with van der Waals surface area (Å²) in [7, 11) is 0. The Morgan fingerprint density at radius 1 is 1.27 bits per heavy atom. The van der Waals surface area contributed by atoms with Gasteiger partial charge < -0.3 is 5.32 Å². The first kappa shape index (κ1) is 14.7. The molecule has 0 unspecified atom stereocenters. The number of carbonyl (C=O) groups is 1. The van der Waals surface area contributed by atoms with Crippen LogP contribution in [-0.2, 0) is 5.54 Å². The number of carbonyl (C=O) groups excluding carboxylic acids is 1. The highest BCUT2D eigenvalue weighted by Gasteiger charge is 2.26. The second-order valence-electron chi connectivity index (χ2n) is 5.86. The van der Waals surface area contributed by atoms with Gasteiger partial charge in [-0.1, -0.05) is 17.4 Å². The number of nitrogens with one attached hydrogen (secondary N) is 1. The molecule has 6 heteroatoms. The second-order valence-corrected chi connectivity index (χ2v) is 6.84. The molecular formula is C16H18N4OS. The topological polar surface area (TPSA) is 59.3 Å². The van der Waals surface area contributed by atoms with E-state index in [1.807, 2.05) is 56.6 Å². The van der Waals surface area contributed by atoms with Crippen molar-refractivity contribution in [2.75, 3.05) is 0 Å². The highest BCUT2D eigenvalue weighted by molar-refractivity contribution is 7.19. The van der Waals surface area contributed by atoms with Gasteiger partial charge in [0.25, 0.3) is 5.91 Å². The monoisotopic (exact) mass is 314 g/mol. The summed E-state index contributed by atoms with van der Waals surface area (Å²) >= 11 is 1.40. The lowest BCUT2D eigenvalue weighted by molar-refractivity contribution is 0.0915. The maximum Gasteiger partial charge on any atom is 0.263 e. The third kappa shape index (κ3) is 2.50. The molecule has 0 radical (unpaired) electrons. The Kier molecular flexibility index (Phi) is 3.48. The number of thiazole rings is 1. The number of fused-ring (bicyclic) bond motifs is 1. The summed E-state index contributed by atoms with van der Waals surface area (Å²) in [5, 5.41) is 3.09. The molecule has 0 spiro atoms. The predicted octanol–water partition coefficient (Wildman–Crippen LogP) is 3.07. The highest BCUT2D eigenvalue weighted by Crippen LogP contribution is 2.25. The van der Waals surface area contributed by atoms with Crippen molar-refractivity contribution in [1.29, 1.82) is 0 Å². The summed E-state index contributed by atoms with van der Waals surface area (Å²) in [6, 6.07) is 3.95. The Balaban J connectivity index is 1.87. The van der Waals surface area contributed by atoms with Gasteiger partial charge in [-0.2, -0.15) is 0 Å². The molecule has 0 aliphatic carbocycles. The van der Waals surface area contributed by atoms with E-state index in [1.165, 1.54) is 11.3 Å². The third-order valence-electron chi connectivity index (χ3n) is 3.76. The minimum Gasteiger partial charge on any atom is -0.342 e. The van der Waals surface area contributed by atoms with Crippen molar-refractivity contribution in [3.63, 3.8) is 0 Å². The lowest BCUT2D eigenvalue weighted by Gasteiger charge is -2.26. The van der Waals surface area contributed by atoms with E-state index in [0.717, 1.165) is 21.9 Å². The average molecular weight is 314 g/mol. The summed E-state index contributed by atoms with van der Waals surface area (Å²) < 4.78 is 1.93. The maximum atomic E-state index is 12.6. The van der Waals surface area contributed by atoms with Crippen LogP contribution in [-0.4, -0.2) is 20.3 Å². The van der Waals surface area contributed by atoms with Crippen molar-refractivity contribution in [3.8, 4) is 0 Å². The molecule has 3 aromatic heterocycles. The minimum absolute atomic E-state index is 0.0847. The van der Waals surface area contributed by atoms with Crippen LogP contribution in [0.4, 0.5) is 0 Å². The average Bonchev–Trinajstić information content (AvgIpc) is 3.02.